The van der Waals surface area contributed by atoms with Crippen molar-refractivity contribution < 1.29 is 47.4 Å². The number of aliphatic hydroxyl groups is 1. The van der Waals surface area contributed by atoms with Crippen molar-refractivity contribution in [2.75, 3.05) is 0 Å². The van der Waals surface area contributed by atoms with Crippen LogP contribution in [0, 0.1) is 10.2 Å². The summed E-state index contributed by atoms with van der Waals surface area (Å²) in [5, 5.41) is 10.2. The van der Waals surface area contributed by atoms with Gasteiger partial charge in [-0.05, 0) is 23.3 Å². The van der Waals surface area contributed by atoms with E-state index in [4.69, 9.17) is 27.5 Å². The molecule has 2 bridgehead atoms. The van der Waals surface area contributed by atoms with E-state index in [0.29, 0.717) is 0 Å². The van der Waals surface area contributed by atoms with Gasteiger partial charge in [0.05, 0.1) is 43.0 Å². The average Bonchev–Trinajstić information content (AvgIpc) is 3.52. The van der Waals surface area contributed by atoms with Gasteiger partial charge in [0.2, 0.25) is 0 Å². The Morgan fingerprint density at radius 2 is 1.61 bits per heavy atom. The SMILES string of the molecule is OCc1cccc2c1[C@H]1c3cccc[n+]3[C@@H]2CC1(c1ccoc1)c1ccoc1.[O-][Cl+3]([O-])([O-])[O-]. The van der Waals surface area contributed by atoms with Crippen LogP contribution in [-0.4, -0.2) is 5.11 Å². The molecule has 0 amide bonds. The summed E-state index contributed by atoms with van der Waals surface area (Å²) in [4.78, 5) is 0. The van der Waals surface area contributed by atoms with E-state index in [0.717, 1.165) is 23.1 Å². The van der Waals surface area contributed by atoms with Gasteiger partial charge in [0.25, 0.3) is 0 Å². The van der Waals surface area contributed by atoms with E-state index >= 15 is 0 Å². The molecule has 1 aromatic carbocycles. The third-order valence-corrected chi connectivity index (χ3v) is 6.68. The van der Waals surface area contributed by atoms with Crippen LogP contribution in [0.2, 0.25) is 0 Å². The van der Waals surface area contributed by atoms with E-state index in [2.05, 4.69) is 53.2 Å². The minimum absolute atomic E-state index is 0.0338. The highest BCUT2D eigenvalue weighted by molar-refractivity contribution is 5.56. The topological polar surface area (TPSA) is 143 Å². The number of aromatic nitrogens is 1. The molecule has 0 radical (unpaired) electrons. The molecule has 8 nitrogen and oxygen atoms in total. The van der Waals surface area contributed by atoms with Crippen molar-refractivity contribution >= 4 is 0 Å². The van der Waals surface area contributed by atoms with Crippen molar-refractivity contribution in [1.29, 1.82) is 0 Å². The van der Waals surface area contributed by atoms with Crippen molar-refractivity contribution in [3.8, 4) is 0 Å². The first-order valence-corrected chi connectivity index (χ1v) is 11.5. The molecule has 0 unspecified atom stereocenters. The number of pyridine rings is 1. The highest BCUT2D eigenvalue weighted by Gasteiger charge is 2.60. The Balaban J connectivity index is 0.000000416. The maximum atomic E-state index is 10.2. The molecule has 33 heavy (non-hydrogen) atoms. The van der Waals surface area contributed by atoms with E-state index in [1.807, 2.05) is 18.6 Å². The third-order valence-electron chi connectivity index (χ3n) is 6.68. The molecule has 2 atom stereocenters. The molecule has 0 spiro atoms. The predicted octanol–water partition coefficient (Wildman–Crippen LogP) is -0.679. The van der Waals surface area contributed by atoms with Crippen LogP contribution < -0.4 is 23.2 Å². The summed E-state index contributed by atoms with van der Waals surface area (Å²) >= 11 is 0. The van der Waals surface area contributed by atoms with E-state index in [-0.39, 0.29) is 24.0 Å². The second-order valence-corrected chi connectivity index (χ2v) is 8.89. The van der Waals surface area contributed by atoms with Crippen LogP contribution in [0.1, 0.15) is 51.9 Å². The number of hydrogen-bond donors (Lipinski definition) is 1. The fourth-order valence-electron chi connectivity index (χ4n) is 5.61. The van der Waals surface area contributed by atoms with E-state index in [9.17, 15) is 5.11 Å². The van der Waals surface area contributed by atoms with Gasteiger partial charge >= 0.3 is 0 Å². The number of fused-ring (bicyclic) bond motifs is 1. The summed E-state index contributed by atoms with van der Waals surface area (Å²) < 4.78 is 47.5. The number of benzene rings is 1. The van der Waals surface area contributed by atoms with Crippen LogP contribution in [0.4, 0.5) is 0 Å². The quantitative estimate of drug-likeness (QED) is 0.391. The summed E-state index contributed by atoms with van der Waals surface area (Å²) in [6.45, 7) is 0.0338. The molecule has 4 aromatic rings. The second kappa shape index (κ2) is 8.11. The van der Waals surface area contributed by atoms with Crippen LogP contribution in [-0.2, 0) is 12.0 Å². The number of aliphatic hydroxyl groups excluding tert-OH is 1. The van der Waals surface area contributed by atoms with Gasteiger partial charge in [-0.2, -0.15) is 4.57 Å². The first kappa shape index (κ1) is 21.8. The Morgan fingerprint density at radius 1 is 0.939 bits per heavy atom. The summed E-state index contributed by atoms with van der Waals surface area (Å²) in [6, 6.07) is 17.1. The van der Waals surface area contributed by atoms with Crippen molar-refractivity contribution in [2.24, 2.45) is 0 Å². The fourth-order valence-corrected chi connectivity index (χ4v) is 5.61. The van der Waals surface area contributed by atoms with Crippen molar-refractivity contribution in [3.05, 3.63) is 113 Å². The minimum atomic E-state index is -4.94. The van der Waals surface area contributed by atoms with Gasteiger partial charge in [0.1, 0.15) is 0 Å². The molecule has 0 saturated carbocycles. The van der Waals surface area contributed by atoms with Crippen molar-refractivity contribution in [3.63, 3.8) is 0 Å². The molecule has 3 aliphatic rings. The van der Waals surface area contributed by atoms with Gasteiger partial charge in [0, 0.05) is 35.2 Å². The number of halogens is 1. The van der Waals surface area contributed by atoms with E-state index in [1.165, 1.54) is 16.8 Å². The maximum absolute atomic E-state index is 10.2. The highest BCUT2D eigenvalue weighted by Crippen LogP contribution is 2.60. The third kappa shape index (κ3) is 3.57. The predicted molar refractivity (Wildman–Crippen MR) is 102 cm³/mol. The number of nitrogens with zero attached hydrogens (tertiary/aromatic N) is 1. The van der Waals surface area contributed by atoms with E-state index in [1.54, 1.807) is 12.5 Å². The van der Waals surface area contributed by atoms with Gasteiger partial charge < -0.3 is 13.9 Å². The van der Waals surface area contributed by atoms with Gasteiger partial charge in [-0.25, -0.2) is 18.6 Å². The first-order chi connectivity index (χ1) is 15.8. The van der Waals surface area contributed by atoms with Crippen molar-refractivity contribution in [2.45, 2.75) is 30.4 Å². The Hall–Kier alpha value is -2.98. The lowest BCUT2D eigenvalue weighted by Crippen LogP contribution is -2.68. The fraction of sp³-hybridized carbons (Fsp3) is 0.208. The average molecular weight is 470 g/mol. The monoisotopic (exact) mass is 469 g/mol. The van der Waals surface area contributed by atoms with Crippen LogP contribution in [0.3, 0.4) is 0 Å². The number of rotatable bonds is 3. The molecule has 2 aliphatic heterocycles. The molecule has 0 saturated heterocycles. The standard InChI is InChI=1S/C24H20NO3.ClHO4/c26-13-16-4-3-5-19-21-12-24(17-7-10-27-14-17,18-8-11-28-15-18)23(22(16)19)20-6-1-2-9-25(20)21;2-1(3,4)5/h1-11,14-15,21,23,26H,12-13H2;(H,2,3,4,5)/q+1;/p-1/t21-,23-;/m1./s1. The lowest BCUT2D eigenvalue weighted by atomic mass is 9.53. The molecule has 0 fully saturated rings. The Morgan fingerprint density at radius 3 is 2.18 bits per heavy atom. The summed E-state index contributed by atoms with van der Waals surface area (Å²) in [5.41, 5.74) is 6.81. The van der Waals surface area contributed by atoms with Crippen molar-refractivity contribution in [1.82, 2.24) is 0 Å². The van der Waals surface area contributed by atoms with Gasteiger partial charge in [-0.1, -0.05) is 24.3 Å². The highest BCUT2D eigenvalue weighted by atomic mass is 35.7. The Kier molecular flexibility index (Phi) is 5.37. The number of hydrogen-bond acceptors (Lipinski definition) is 7. The molecule has 1 N–H and O–H groups in total. The molecule has 9 heteroatoms. The van der Waals surface area contributed by atoms with Gasteiger partial charge in [-0.3, -0.25) is 0 Å². The smallest absolute Gasteiger partial charge is 0.190 e. The van der Waals surface area contributed by atoms with E-state index < -0.39 is 10.2 Å². The molecule has 5 heterocycles. The van der Waals surface area contributed by atoms with Gasteiger partial charge in [0.15, 0.2) is 17.9 Å². The second-order valence-electron chi connectivity index (χ2n) is 8.14. The van der Waals surface area contributed by atoms with Crippen LogP contribution in [0.15, 0.2) is 88.6 Å². The molecule has 7 rings (SSSR count). The Labute approximate surface area is 191 Å². The molecular weight excluding hydrogens is 450 g/mol. The Bertz CT molecular complexity index is 1210. The summed E-state index contributed by atoms with van der Waals surface area (Å²) in [5.74, 6) is 0.0623. The van der Waals surface area contributed by atoms with Gasteiger partial charge in [-0.15, -0.1) is 10.2 Å². The number of furan rings is 2. The van der Waals surface area contributed by atoms with Crippen LogP contribution in [0.25, 0.3) is 0 Å². The lowest BCUT2D eigenvalue weighted by molar-refractivity contribution is -2.00. The summed E-state index contributed by atoms with van der Waals surface area (Å²) in [7, 11) is -4.94. The summed E-state index contributed by atoms with van der Waals surface area (Å²) in [6.07, 6.45) is 10.3. The van der Waals surface area contributed by atoms with Crippen LogP contribution in [0.5, 0.6) is 0 Å². The largest absolute Gasteiger partial charge is 0.472 e. The molecule has 170 valence electrons. The minimum Gasteiger partial charge on any atom is -0.472 e. The molecule has 3 aromatic heterocycles. The molecule has 1 aliphatic carbocycles. The van der Waals surface area contributed by atoms with Crippen LogP contribution >= 0.6 is 0 Å². The molecular formula is C24H20ClNO7. The zero-order valence-corrected chi connectivity index (χ0v) is 18.1. The first-order valence-electron chi connectivity index (χ1n) is 10.2. The normalized spacial score (nSPS) is 19.9. The maximum Gasteiger partial charge on any atom is 0.190 e. The zero-order valence-electron chi connectivity index (χ0n) is 17.3. The lowest BCUT2D eigenvalue weighted by Gasteiger charge is -2.49. The zero-order chi connectivity index (χ0) is 23.2.